The highest BCUT2D eigenvalue weighted by atomic mass is 127. The minimum absolute atomic E-state index is 0.0388. The normalized spacial score (nSPS) is 11.1. The lowest BCUT2D eigenvalue weighted by Crippen LogP contribution is -2.20. The van der Waals surface area contributed by atoms with Gasteiger partial charge in [-0.3, -0.25) is 9.36 Å². The lowest BCUT2D eigenvalue weighted by Gasteiger charge is -2.03. The van der Waals surface area contributed by atoms with Crippen LogP contribution in [0.1, 0.15) is 5.56 Å². The van der Waals surface area contributed by atoms with Gasteiger partial charge in [0.15, 0.2) is 3.83 Å². The van der Waals surface area contributed by atoms with E-state index in [9.17, 15) is 4.79 Å². The Kier molecular flexibility index (Phi) is 2.13. The molecule has 5 heteroatoms. The largest absolute Gasteiger partial charge is 0.309 e. The highest BCUT2D eigenvalue weighted by Gasteiger charge is 2.10. The fourth-order valence-electron chi connectivity index (χ4n) is 1.60. The van der Waals surface area contributed by atoms with E-state index >= 15 is 0 Å². The summed E-state index contributed by atoms with van der Waals surface area (Å²) in [7, 11) is 3.68. The summed E-state index contributed by atoms with van der Waals surface area (Å²) >= 11 is 2.15. The van der Waals surface area contributed by atoms with E-state index < -0.39 is 0 Å². The first-order valence-corrected chi connectivity index (χ1v) is 5.29. The minimum Gasteiger partial charge on any atom is -0.309 e. The van der Waals surface area contributed by atoms with E-state index in [1.807, 2.05) is 24.6 Å². The Bertz CT molecular complexity index is 567. The van der Waals surface area contributed by atoms with Crippen LogP contribution in [0.2, 0.25) is 0 Å². The van der Waals surface area contributed by atoms with E-state index in [4.69, 9.17) is 0 Å². The first-order chi connectivity index (χ1) is 6.52. The van der Waals surface area contributed by atoms with Gasteiger partial charge in [-0.1, -0.05) is 0 Å². The van der Waals surface area contributed by atoms with Crippen LogP contribution >= 0.6 is 22.6 Å². The maximum atomic E-state index is 11.7. The summed E-state index contributed by atoms with van der Waals surface area (Å²) in [6, 6.07) is 1.83. The molecular formula is C9H10IN3O. The smallest absolute Gasteiger partial charge is 0.254 e. The Morgan fingerprint density at radius 1 is 1.36 bits per heavy atom. The second kappa shape index (κ2) is 3.08. The topological polar surface area (TPSA) is 39.8 Å². The number of fused-ring (bicyclic) bond motifs is 1. The summed E-state index contributed by atoms with van der Waals surface area (Å²) in [4.78, 5) is 16.0. The number of rotatable bonds is 0. The van der Waals surface area contributed by atoms with Gasteiger partial charge >= 0.3 is 0 Å². The number of aromatic nitrogens is 3. The first kappa shape index (κ1) is 9.70. The predicted octanol–water partition coefficient (Wildman–Crippen LogP) is 1.19. The third kappa shape index (κ3) is 1.18. The van der Waals surface area contributed by atoms with Gasteiger partial charge in [0, 0.05) is 19.7 Å². The number of halogens is 1. The molecule has 0 N–H and O–H groups in total. The standard InChI is InChI=1S/C9H10IN3O/c1-5-4-6-7(12(2)8(5)14)13(3)9(10)11-6/h4H,1-3H3. The minimum atomic E-state index is 0.0388. The molecule has 2 aromatic rings. The van der Waals surface area contributed by atoms with E-state index in [0.717, 1.165) is 20.6 Å². The molecule has 0 aliphatic heterocycles. The fraction of sp³-hybridized carbons (Fsp3) is 0.333. The number of hydrogen-bond acceptors (Lipinski definition) is 2. The molecule has 0 bridgehead atoms. The molecule has 0 saturated heterocycles. The second-order valence-electron chi connectivity index (χ2n) is 3.34. The molecule has 0 atom stereocenters. The molecule has 0 aliphatic rings. The van der Waals surface area contributed by atoms with Crippen LogP contribution in [0, 0.1) is 10.8 Å². The van der Waals surface area contributed by atoms with Gasteiger partial charge < -0.3 is 4.57 Å². The Balaban J connectivity index is 3.07. The van der Waals surface area contributed by atoms with Crippen LogP contribution in [0.15, 0.2) is 10.9 Å². The van der Waals surface area contributed by atoms with Crippen LogP contribution in [0.25, 0.3) is 11.2 Å². The maximum Gasteiger partial charge on any atom is 0.254 e. The van der Waals surface area contributed by atoms with Crippen LogP contribution in [-0.4, -0.2) is 14.1 Å². The summed E-state index contributed by atoms with van der Waals surface area (Å²) in [5.41, 5.74) is 2.51. The third-order valence-corrected chi connectivity index (χ3v) is 3.31. The van der Waals surface area contributed by atoms with E-state index in [1.165, 1.54) is 0 Å². The molecule has 0 radical (unpaired) electrons. The van der Waals surface area contributed by atoms with Crippen molar-refractivity contribution in [3.05, 3.63) is 25.8 Å². The maximum absolute atomic E-state index is 11.7. The van der Waals surface area contributed by atoms with E-state index in [0.29, 0.717) is 0 Å². The van der Waals surface area contributed by atoms with Crippen molar-refractivity contribution in [1.82, 2.24) is 14.1 Å². The van der Waals surface area contributed by atoms with Crippen molar-refractivity contribution in [2.24, 2.45) is 14.1 Å². The van der Waals surface area contributed by atoms with Crippen LogP contribution in [0.4, 0.5) is 0 Å². The summed E-state index contributed by atoms with van der Waals surface area (Å²) in [6.07, 6.45) is 0. The molecule has 0 unspecified atom stereocenters. The van der Waals surface area contributed by atoms with Gasteiger partial charge in [-0.05, 0) is 35.6 Å². The van der Waals surface area contributed by atoms with Crippen molar-refractivity contribution in [3.8, 4) is 0 Å². The van der Waals surface area contributed by atoms with Crippen LogP contribution in [0.5, 0.6) is 0 Å². The van der Waals surface area contributed by atoms with Crippen molar-refractivity contribution >= 4 is 33.8 Å². The number of nitrogens with zero attached hydrogens (tertiary/aromatic N) is 3. The van der Waals surface area contributed by atoms with Crippen LogP contribution in [0.3, 0.4) is 0 Å². The van der Waals surface area contributed by atoms with Gasteiger partial charge in [0.05, 0.1) is 0 Å². The van der Waals surface area contributed by atoms with Crippen molar-refractivity contribution in [2.45, 2.75) is 6.92 Å². The van der Waals surface area contributed by atoms with Gasteiger partial charge in [-0.15, -0.1) is 0 Å². The molecule has 0 spiro atoms. The molecule has 0 amide bonds. The second-order valence-corrected chi connectivity index (χ2v) is 4.31. The molecule has 14 heavy (non-hydrogen) atoms. The van der Waals surface area contributed by atoms with Crippen molar-refractivity contribution < 1.29 is 0 Å². The average molecular weight is 303 g/mol. The Hall–Kier alpha value is -0.850. The summed E-state index contributed by atoms with van der Waals surface area (Å²) < 4.78 is 4.44. The molecule has 0 aromatic carbocycles. The molecule has 0 saturated carbocycles. The Labute approximate surface area is 94.7 Å². The monoisotopic (exact) mass is 303 g/mol. The van der Waals surface area contributed by atoms with Gasteiger partial charge in [-0.2, -0.15) is 0 Å². The summed E-state index contributed by atoms with van der Waals surface area (Å²) in [5.74, 6) is 0. The van der Waals surface area contributed by atoms with E-state index in [1.54, 1.807) is 11.6 Å². The summed E-state index contributed by atoms with van der Waals surface area (Å²) in [6.45, 7) is 1.81. The zero-order valence-electron chi connectivity index (χ0n) is 8.21. The Morgan fingerprint density at radius 3 is 2.64 bits per heavy atom. The average Bonchev–Trinajstić information content (AvgIpc) is 2.39. The molecule has 4 nitrogen and oxygen atoms in total. The predicted molar refractivity (Wildman–Crippen MR) is 63.4 cm³/mol. The Morgan fingerprint density at radius 2 is 2.00 bits per heavy atom. The van der Waals surface area contributed by atoms with Crippen molar-refractivity contribution in [2.75, 3.05) is 0 Å². The molecule has 0 fully saturated rings. The zero-order valence-corrected chi connectivity index (χ0v) is 10.4. The highest BCUT2D eigenvalue weighted by Crippen LogP contribution is 2.14. The van der Waals surface area contributed by atoms with Crippen LogP contribution < -0.4 is 5.56 Å². The lowest BCUT2D eigenvalue weighted by atomic mass is 10.3. The third-order valence-electron chi connectivity index (χ3n) is 2.35. The molecule has 0 aliphatic carbocycles. The van der Waals surface area contributed by atoms with E-state index in [-0.39, 0.29) is 5.56 Å². The lowest BCUT2D eigenvalue weighted by molar-refractivity contribution is 0.810. The zero-order chi connectivity index (χ0) is 10.5. The molecule has 2 rings (SSSR count). The highest BCUT2D eigenvalue weighted by molar-refractivity contribution is 14.1. The molecule has 2 heterocycles. The van der Waals surface area contributed by atoms with Gasteiger partial charge in [-0.25, -0.2) is 4.98 Å². The molecular weight excluding hydrogens is 293 g/mol. The SMILES string of the molecule is Cc1cc2nc(I)n(C)c2n(C)c1=O. The van der Waals surface area contributed by atoms with Gasteiger partial charge in [0.25, 0.3) is 5.56 Å². The molecule has 74 valence electrons. The fourth-order valence-corrected chi connectivity index (χ4v) is 2.09. The molecule has 2 aromatic heterocycles. The number of hydrogen-bond donors (Lipinski definition) is 0. The number of aryl methyl sites for hydroxylation is 3. The first-order valence-electron chi connectivity index (χ1n) is 4.21. The van der Waals surface area contributed by atoms with Crippen LogP contribution in [-0.2, 0) is 14.1 Å². The van der Waals surface area contributed by atoms with Gasteiger partial charge in [0.1, 0.15) is 11.2 Å². The number of pyridine rings is 1. The van der Waals surface area contributed by atoms with Crippen molar-refractivity contribution in [3.63, 3.8) is 0 Å². The van der Waals surface area contributed by atoms with E-state index in [2.05, 4.69) is 27.6 Å². The van der Waals surface area contributed by atoms with Gasteiger partial charge in [0.2, 0.25) is 0 Å². The summed E-state index contributed by atoms with van der Waals surface area (Å²) in [5, 5.41) is 0. The quantitative estimate of drug-likeness (QED) is 0.686. The van der Waals surface area contributed by atoms with Crippen molar-refractivity contribution in [1.29, 1.82) is 0 Å². The number of imidazole rings is 1.